The van der Waals surface area contributed by atoms with Crippen molar-refractivity contribution < 1.29 is 22.3 Å². The van der Waals surface area contributed by atoms with Gasteiger partial charge in [-0.2, -0.15) is 0 Å². The highest BCUT2D eigenvalue weighted by Gasteiger charge is 2.37. The van der Waals surface area contributed by atoms with E-state index in [1.54, 1.807) is 6.07 Å². The number of amides is 1. The Bertz CT molecular complexity index is 739. The topological polar surface area (TPSA) is 75.7 Å². The van der Waals surface area contributed by atoms with E-state index in [9.17, 15) is 17.6 Å². The van der Waals surface area contributed by atoms with E-state index >= 15 is 0 Å². The number of hydrogen-bond donors (Lipinski definition) is 1. The number of rotatable bonds is 4. The van der Waals surface area contributed by atoms with Gasteiger partial charge in [0.2, 0.25) is 15.9 Å². The molecule has 1 aromatic carbocycles. The quantitative estimate of drug-likeness (QED) is 0.865. The van der Waals surface area contributed by atoms with Crippen molar-refractivity contribution in [2.45, 2.75) is 25.5 Å². The van der Waals surface area contributed by atoms with Crippen LogP contribution in [0.1, 0.15) is 25.5 Å². The zero-order valence-corrected chi connectivity index (χ0v) is 15.2. The molecule has 0 bridgehead atoms. The van der Waals surface area contributed by atoms with Crippen LogP contribution in [0.15, 0.2) is 18.2 Å². The molecule has 0 aliphatic carbocycles. The van der Waals surface area contributed by atoms with Crippen LogP contribution in [0.25, 0.3) is 0 Å². The van der Waals surface area contributed by atoms with E-state index in [0.717, 1.165) is 6.26 Å². The highest BCUT2D eigenvalue weighted by molar-refractivity contribution is 7.88. The minimum Gasteiger partial charge on any atom is -0.370 e. The summed E-state index contributed by atoms with van der Waals surface area (Å²) in [6.07, 6.45) is 0.555. The van der Waals surface area contributed by atoms with E-state index < -0.39 is 27.5 Å². The molecule has 1 amide bonds. The monoisotopic (exact) mass is 378 g/mol. The molecule has 1 N–H and O–H groups in total. The molecule has 2 rings (SSSR count). The first-order valence-electron chi connectivity index (χ1n) is 7.34. The first-order valence-corrected chi connectivity index (χ1v) is 9.61. The molecule has 6 nitrogen and oxygen atoms in total. The highest BCUT2D eigenvalue weighted by atomic mass is 35.5. The summed E-state index contributed by atoms with van der Waals surface area (Å²) in [6.45, 7) is 3.89. The van der Waals surface area contributed by atoms with E-state index in [2.05, 4.69) is 4.72 Å². The average Bonchev–Trinajstić information content (AvgIpc) is 2.47. The van der Waals surface area contributed by atoms with Crippen LogP contribution < -0.4 is 4.72 Å². The first kappa shape index (κ1) is 19.1. The van der Waals surface area contributed by atoms with Gasteiger partial charge in [-0.25, -0.2) is 17.5 Å². The van der Waals surface area contributed by atoms with Gasteiger partial charge >= 0.3 is 0 Å². The lowest BCUT2D eigenvalue weighted by atomic mass is 10.0. The van der Waals surface area contributed by atoms with Gasteiger partial charge in [0.05, 0.1) is 24.4 Å². The predicted octanol–water partition coefficient (Wildman–Crippen LogP) is 1.71. The average molecular weight is 379 g/mol. The van der Waals surface area contributed by atoms with Gasteiger partial charge in [0.15, 0.2) is 0 Å². The van der Waals surface area contributed by atoms with Crippen LogP contribution in [0.3, 0.4) is 0 Å². The lowest BCUT2D eigenvalue weighted by Crippen LogP contribution is -2.57. The number of nitrogens with zero attached hydrogens (tertiary/aromatic N) is 1. The third kappa shape index (κ3) is 4.66. The van der Waals surface area contributed by atoms with E-state index in [4.69, 9.17) is 16.3 Å². The first-order chi connectivity index (χ1) is 11.0. The Labute approximate surface area is 146 Å². The van der Waals surface area contributed by atoms with E-state index in [1.165, 1.54) is 30.9 Å². The van der Waals surface area contributed by atoms with Gasteiger partial charge in [-0.3, -0.25) is 4.79 Å². The third-order valence-corrected chi connectivity index (χ3v) is 4.82. The third-order valence-electron chi connectivity index (χ3n) is 3.64. The second kappa shape index (κ2) is 6.95. The maximum Gasteiger partial charge on any atom is 0.243 e. The molecule has 0 saturated carbocycles. The minimum atomic E-state index is -3.53. The standard InChI is InChI=1S/C15H20ClFN2O4S/c1-15(2,18-24(3,21)22)14(20)19-6-7-23-13(9-19)10-4-5-12(17)11(16)8-10/h4-5,8,13,18H,6-7,9H2,1-3H3. The highest BCUT2D eigenvalue weighted by Crippen LogP contribution is 2.27. The fourth-order valence-corrected chi connectivity index (χ4v) is 3.85. The number of hydrogen-bond acceptors (Lipinski definition) is 4. The van der Waals surface area contributed by atoms with E-state index in [1.807, 2.05) is 0 Å². The zero-order valence-electron chi connectivity index (χ0n) is 13.7. The summed E-state index contributed by atoms with van der Waals surface area (Å²) in [5.41, 5.74) is -0.608. The lowest BCUT2D eigenvalue weighted by molar-refractivity contribution is -0.144. The second-order valence-corrected chi connectivity index (χ2v) is 8.44. The molecular weight excluding hydrogens is 359 g/mol. The van der Waals surface area contributed by atoms with Gasteiger partial charge in [0.25, 0.3) is 0 Å². The van der Waals surface area contributed by atoms with Crippen LogP contribution in [0.4, 0.5) is 4.39 Å². The molecule has 24 heavy (non-hydrogen) atoms. The Morgan fingerprint density at radius 3 is 2.71 bits per heavy atom. The van der Waals surface area contributed by atoms with Crippen LogP contribution in [0.5, 0.6) is 0 Å². The summed E-state index contributed by atoms with van der Waals surface area (Å²) in [5, 5.41) is -0.0152. The summed E-state index contributed by atoms with van der Waals surface area (Å²) in [5.74, 6) is -0.878. The number of morpholine rings is 1. The van der Waals surface area contributed by atoms with Crippen molar-refractivity contribution in [3.05, 3.63) is 34.6 Å². The number of carbonyl (C=O) groups excluding carboxylic acids is 1. The molecule has 1 aromatic rings. The van der Waals surface area contributed by atoms with Crippen molar-refractivity contribution in [1.82, 2.24) is 9.62 Å². The predicted molar refractivity (Wildman–Crippen MR) is 88.7 cm³/mol. The fourth-order valence-electron chi connectivity index (χ4n) is 2.65. The van der Waals surface area contributed by atoms with Crippen molar-refractivity contribution in [1.29, 1.82) is 0 Å². The van der Waals surface area contributed by atoms with Crippen molar-refractivity contribution in [2.75, 3.05) is 26.0 Å². The summed E-state index contributed by atoms with van der Waals surface area (Å²) in [4.78, 5) is 14.2. The smallest absolute Gasteiger partial charge is 0.243 e. The van der Waals surface area contributed by atoms with Crippen molar-refractivity contribution in [2.24, 2.45) is 0 Å². The molecule has 134 valence electrons. The molecule has 1 fully saturated rings. The Morgan fingerprint density at radius 1 is 1.46 bits per heavy atom. The maximum absolute atomic E-state index is 13.3. The number of nitrogens with one attached hydrogen (secondary N) is 1. The van der Waals surface area contributed by atoms with E-state index in [0.29, 0.717) is 18.7 Å². The molecule has 1 aliphatic heterocycles. The molecule has 0 aromatic heterocycles. The Hall–Kier alpha value is -1.22. The van der Waals surface area contributed by atoms with Crippen molar-refractivity contribution >= 4 is 27.5 Å². The van der Waals surface area contributed by atoms with Gasteiger partial charge in [0.1, 0.15) is 17.5 Å². The maximum atomic E-state index is 13.3. The van der Waals surface area contributed by atoms with Gasteiger partial charge in [-0.05, 0) is 31.5 Å². The molecule has 1 heterocycles. The number of sulfonamides is 1. The van der Waals surface area contributed by atoms with Crippen LogP contribution >= 0.6 is 11.6 Å². The summed E-state index contributed by atoms with van der Waals surface area (Å²) in [7, 11) is -3.53. The lowest BCUT2D eigenvalue weighted by Gasteiger charge is -2.37. The molecule has 0 radical (unpaired) electrons. The summed E-state index contributed by atoms with van der Waals surface area (Å²) >= 11 is 5.79. The molecular formula is C15H20ClFN2O4S. The normalized spacial score (nSPS) is 19.4. The SMILES string of the molecule is CC(C)(NS(C)(=O)=O)C(=O)N1CCOC(c2ccc(F)c(Cl)c2)C1. The number of benzene rings is 1. The largest absolute Gasteiger partial charge is 0.370 e. The number of ether oxygens (including phenoxy) is 1. The van der Waals surface area contributed by atoms with Crippen LogP contribution in [0, 0.1) is 5.82 Å². The zero-order chi connectivity index (χ0) is 18.1. The second-order valence-electron chi connectivity index (χ2n) is 6.28. The van der Waals surface area contributed by atoms with Crippen LogP contribution in [-0.2, 0) is 19.6 Å². The van der Waals surface area contributed by atoms with Gasteiger partial charge in [0, 0.05) is 6.54 Å². The van der Waals surface area contributed by atoms with Crippen LogP contribution in [-0.4, -0.2) is 50.7 Å². The molecule has 1 saturated heterocycles. The molecule has 1 aliphatic rings. The van der Waals surface area contributed by atoms with Crippen molar-refractivity contribution in [3.63, 3.8) is 0 Å². The van der Waals surface area contributed by atoms with Gasteiger partial charge in [-0.1, -0.05) is 17.7 Å². The van der Waals surface area contributed by atoms with Gasteiger partial charge in [-0.15, -0.1) is 0 Å². The number of carbonyl (C=O) groups is 1. The summed E-state index contributed by atoms with van der Waals surface area (Å²) < 4.78 is 44.1. The van der Waals surface area contributed by atoms with Gasteiger partial charge < -0.3 is 9.64 Å². The molecule has 1 unspecified atom stereocenters. The van der Waals surface area contributed by atoms with Crippen molar-refractivity contribution in [3.8, 4) is 0 Å². The molecule has 0 spiro atoms. The fraction of sp³-hybridized carbons (Fsp3) is 0.533. The molecule has 9 heteroatoms. The Balaban J connectivity index is 2.15. The summed E-state index contributed by atoms with van der Waals surface area (Å²) in [6, 6.07) is 4.27. The van der Waals surface area contributed by atoms with E-state index in [-0.39, 0.29) is 17.5 Å². The van der Waals surface area contributed by atoms with Crippen LogP contribution in [0.2, 0.25) is 5.02 Å². The molecule has 1 atom stereocenters. The Morgan fingerprint density at radius 2 is 2.12 bits per heavy atom. The minimum absolute atomic E-state index is 0.0152. The number of halogens is 2. The Kier molecular flexibility index (Phi) is 5.54.